The molecule has 2 N–H and O–H groups in total. The van der Waals surface area contributed by atoms with Crippen LogP contribution in [0.1, 0.15) is 37.6 Å². The van der Waals surface area contributed by atoms with Gasteiger partial charge < -0.3 is 24.7 Å². The molecule has 0 saturated carbocycles. The summed E-state index contributed by atoms with van der Waals surface area (Å²) < 4.78 is 12.3. The number of fused-ring (bicyclic) bond motifs is 4. The van der Waals surface area contributed by atoms with E-state index in [-0.39, 0.29) is 28.7 Å². The van der Waals surface area contributed by atoms with E-state index < -0.39 is 22.9 Å². The van der Waals surface area contributed by atoms with Gasteiger partial charge in [0.15, 0.2) is 0 Å². The molecule has 168 valence electrons. The van der Waals surface area contributed by atoms with Crippen LogP contribution in [-0.2, 0) is 26.3 Å². The fourth-order valence-electron chi connectivity index (χ4n) is 4.88. The molecule has 1 aromatic heterocycles. The summed E-state index contributed by atoms with van der Waals surface area (Å²) in [4.78, 5) is 42.7. The Balaban J connectivity index is 2.20. The summed E-state index contributed by atoms with van der Waals surface area (Å²) in [5.41, 5.74) is 5.83. The van der Waals surface area contributed by atoms with E-state index in [1.54, 1.807) is 34.6 Å². The summed E-state index contributed by atoms with van der Waals surface area (Å²) in [5, 5.41) is 0. The first kappa shape index (κ1) is 21.7. The number of ether oxygens (including phenoxy) is 2. The SMILES string of the molecule is CCn1c(C)cc2c(c1=O)C1(C(=O)N(CC(C)C)c3ccccc31)C(C(=O)OC)=C(N)O2. The number of methoxy groups -OCH3 is 1. The van der Waals surface area contributed by atoms with Gasteiger partial charge in [-0.05, 0) is 25.8 Å². The van der Waals surface area contributed by atoms with Gasteiger partial charge in [-0.1, -0.05) is 32.0 Å². The fourth-order valence-corrected chi connectivity index (χ4v) is 4.88. The van der Waals surface area contributed by atoms with E-state index >= 15 is 0 Å². The third-order valence-corrected chi connectivity index (χ3v) is 6.11. The van der Waals surface area contributed by atoms with E-state index in [1.165, 1.54) is 7.11 Å². The second-order valence-electron chi connectivity index (χ2n) is 8.48. The number of pyridine rings is 1. The minimum atomic E-state index is -1.75. The van der Waals surface area contributed by atoms with Gasteiger partial charge in [0.1, 0.15) is 16.7 Å². The van der Waals surface area contributed by atoms with Crippen LogP contribution in [0.3, 0.4) is 0 Å². The molecule has 4 rings (SSSR count). The smallest absolute Gasteiger partial charge is 0.340 e. The highest BCUT2D eigenvalue weighted by Gasteiger charge is 2.62. The van der Waals surface area contributed by atoms with Crippen molar-refractivity contribution in [3.63, 3.8) is 0 Å². The van der Waals surface area contributed by atoms with Crippen molar-refractivity contribution >= 4 is 17.6 Å². The van der Waals surface area contributed by atoms with Crippen molar-refractivity contribution < 1.29 is 19.1 Å². The van der Waals surface area contributed by atoms with Gasteiger partial charge in [-0.15, -0.1) is 0 Å². The molecule has 32 heavy (non-hydrogen) atoms. The lowest BCUT2D eigenvalue weighted by atomic mass is 9.68. The van der Waals surface area contributed by atoms with Crippen molar-refractivity contribution in [1.29, 1.82) is 0 Å². The number of nitrogens with two attached hydrogens (primary N) is 1. The van der Waals surface area contributed by atoms with E-state index in [2.05, 4.69) is 0 Å². The minimum absolute atomic E-state index is 0.0863. The summed E-state index contributed by atoms with van der Waals surface area (Å²) in [6.45, 7) is 8.43. The summed E-state index contributed by atoms with van der Waals surface area (Å²) in [7, 11) is 1.21. The van der Waals surface area contributed by atoms with Crippen molar-refractivity contribution in [3.05, 3.63) is 69.0 Å². The van der Waals surface area contributed by atoms with Gasteiger partial charge in [-0.2, -0.15) is 0 Å². The molecular formula is C24H27N3O5. The zero-order valence-corrected chi connectivity index (χ0v) is 18.9. The first-order valence-electron chi connectivity index (χ1n) is 10.6. The van der Waals surface area contributed by atoms with Gasteiger partial charge in [0.2, 0.25) is 11.8 Å². The van der Waals surface area contributed by atoms with E-state index in [0.717, 1.165) is 0 Å². The average Bonchev–Trinajstić information content (AvgIpc) is 2.96. The first-order chi connectivity index (χ1) is 15.2. The molecule has 1 amide bonds. The Morgan fingerprint density at radius 1 is 1.25 bits per heavy atom. The number of esters is 1. The van der Waals surface area contributed by atoms with Crippen molar-refractivity contribution in [3.8, 4) is 5.75 Å². The maximum Gasteiger partial charge on any atom is 0.340 e. The van der Waals surface area contributed by atoms with Crippen LogP contribution < -0.4 is 20.9 Å². The standard InChI is InChI=1S/C24H27N3O5/c1-6-26-14(4)11-17-18(21(26)28)24(19(20(25)32-17)22(29)31-5)15-9-7-8-10-16(15)27(23(24)30)12-13(2)3/h7-11,13H,6,12,25H2,1-5H3. The van der Waals surface area contributed by atoms with Crippen LogP contribution in [0.2, 0.25) is 0 Å². The lowest BCUT2D eigenvalue weighted by Crippen LogP contribution is -2.52. The fraction of sp³-hybridized carbons (Fsp3) is 0.375. The van der Waals surface area contributed by atoms with Crippen molar-refractivity contribution in [2.24, 2.45) is 11.7 Å². The second kappa shape index (κ2) is 7.55. The number of anilines is 1. The average molecular weight is 437 g/mol. The topological polar surface area (TPSA) is 104 Å². The Morgan fingerprint density at radius 2 is 1.94 bits per heavy atom. The molecule has 0 saturated heterocycles. The highest BCUT2D eigenvalue weighted by molar-refractivity contribution is 6.18. The van der Waals surface area contributed by atoms with Crippen LogP contribution in [0.15, 0.2) is 46.6 Å². The largest absolute Gasteiger partial charge is 0.465 e. The molecule has 0 fully saturated rings. The van der Waals surface area contributed by atoms with Gasteiger partial charge in [-0.3, -0.25) is 9.59 Å². The van der Waals surface area contributed by atoms with Crippen molar-refractivity contribution in [2.75, 3.05) is 18.6 Å². The van der Waals surface area contributed by atoms with Gasteiger partial charge in [0.25, 0.3) is 5.56 Å². The lowest BCUT2D eigenvalue weighted by molar-refractivity contribution is -0.138. The van der Waals surface area contributed by atoms with E-state index in [1.807, 2.05) is 32.9 Å². The Bertz CT molecular complexity index is 1230. The summed E-state index contributed by atoms with van der Waals surface area (Å²) in [5.74, 6) is -1.15. The van der Waals surface area contributed by atoms with Gasteiger partial charge in [0.05, 0.1) is 12.7 Å². The molecular weight excluding hydrogens is 410 g/mol. The zero-order chi connectivity index (χ0) is 23.4. The predicted molar refractivity (Wildman–Crippen MR) is 119 cm³/mol. The van der Waals surface area contributed by atoms with Crippen LogP contribution >= 0.6 is 0 Å². The maximum absolute atomic E-state index is 14.3. The Morgan fingerprint density at radius 3 is 2.56 bits per heavy atom. The predicted octanol–water partition coefficient (Wildman–Crippen LogP) is 2.20. The quantitative estimate of drug-likeness (QED) is 0.736. The third kappa shape index (κ3) is 2.71. The van der Waals surface area contributed by atoms with Crippen LogP contribution in [0, 0.1) is 12.8 Å². The van der Waals surface area contributed by atoms with Crippen molar-refractivity contribution in [1.82, 2.24) is 4.57 Å². The van der Waals surface area contributed by atoms with E-state index in [4.69, 9.17) is 15.2 Å². The molecule has 1 spiro atoms. The highest BCUT2D eigenvalue weighted by Crippen LogP contribution is 2.54. The first-order valence-corrected chi connectivity index (χ1v) is 10.6. The Hall–Kier alpha value is -3.55. The van der Waals surface area contributed by atoms with E-state index in [0.29, 0.717) is 30.0 Å². The van der Waals surface area contributed by atoms with E-state index in [9.17, 15) is 14.4 Å². The van der Waals surface area contributed by atoms with Crippen molar-refractivity contribution in [2.45, 2.75) is 39.7 Å². The molecule has 0 aliphatic carbocycles. The Labute approximate surface area is 186 Å². The number of nitrogens with zero attached hydrogens (tertiary/aromatic N) is 2. The molecule has 1 aromatic carbocycles. The lowest BCUT2D eigenvalue weighted by Gasteiger charge is -2.36. The van der Waals surface area contributed by atoms with Gasteiger partial charge >= 0.3 is 5.97 Å². The van der Waals surface area contributed by atoms with Crippen LogP contribution in [0.5, 0.6) is 5.75 Å². The molecule has 2 aliphatic heterocycles. The molecule has 8 heteroatoms. The second-order valence-corrected chi connectivity index (χ2v) is 8.48. The zero-order valence-electron chi connectivity index (χ0n) is 18.9. The maximum atomic E-state index is 14.3. The number of hydrogen-bond donors (Lipinski definition) is 1. The third-order valence-electron chi connectivity index (χ3n) is 6.11. The van der Waals surface area contributed by atoms with Crippen LogP contribution in [0.4, 0.5) is 5.69 Å². The molecule has 1 unspecified atom stereocenters. The number of amides is 1. The molecule has 8 nitrogen and oxygen atoms in total. The molecule has 0 radical (unpaired) electrons. The normalized spacial score (nSPS) is 19.3. The number of benzene rings is 1. The Kier molecular flexibility index (Phi) is 5.11. The number of rotatable bonds is 4. The van der Waals surface area contributed by atoms with Gasteiger partial charge in [0, 0.05) is 36.1 Å². The van der Waals surface area contributed by atoms with Crippen LogP contribution in [0.25, 0.3) is 0 Å². The van der Waals surface area contributed by atoms with Gasteiger partial charge in [-0.25, -0.2) is 4.79 Å². The summed E-state index contributed by atoms with van der Waals surface area (Å²) >= 11 is 0. The highest BCUT2D eigenvalue weighted by atomic mass is 16.5. The number of aryl methyl sites for hydroxylation is 1. The monoisotopic (exact) mass is 437 g/mol. The number of carbonyl (C=O) groups is 2. The number of hydrogen-bond acceptors (Lipinski definition) is 6. The number of para-hydroxylation sites is 1. The van der Waals surface area contributed by atoms with Crippen LogP contribution in [-0.4, -0.2) is 30.1 Å². The summed E-state index contributed by atoms with van der Waals surface area (Å²) in [6.07, 6.45) is 0. The summed E-state index contributed by atoms with van der Waals surface area (Å²) in [6, 6.07) is 8.86. The molecule has 2 aromatic rings. The molecule has 0 bridgehead atoms. The minimum Gasteiger partial charge on any atom is -0.465 e. The molecule has 1 atom stereocenters. The number of carbonyl (C=O) groups excluding carboxylic acids is 2. The molecule has 2 aliphatic rings. The number of aromatic nitrogens is 1. The molecule has 3 heterocycles.